The summed E-state index contributed by atoms with van der Waals surface area (Å²) >= 11 is 0. The normalized spacial score (nSPS) is 11.9. The van der Waals surface area contributed by atoms with Gasteiger partial charge < -0.3 is 24.3 Å². The van der Waals surface area contributed by atoms with E-state index >= 15 is 0 Å². The van der Waals surface area contributed by atoms with Gasteiger partial charge in [-0.25, -0.2) is 0 Å². The highest BCUT2D eigenvalue weighted by Crippen LogP contribution is 2.33. The van der Waals surface area contributed by atoms with Gasteiger partial charge in [-0.2, -0.15) is 0 Å². The van der Waals surface area contributed by atoms with Crippen LogP contribution < -0.4 is 9.47 Å². The SMILES string of the molecule is CN(C)CCOc1ccc2[nH]c3c4cc(OCCN(C)C)ccc4ncc3c2c1. The average Bonchev–Trinajstić information content (AvgIpc) is 3.06. The summed E-state index contributed by atoms with van der Waals surface area (Å²) in [5, 5.41) is 3.28. The minimum Gasteiger partial charge on any atom is -0.492 e. The van der Waals surface area contributed by atoms with Gasteiger partial charge in [-0.15, -0.1) is 0 Å². The third kappa shape index (κ3) is 4.28. The maximum atomic E-state index is 5.92. The van der Waals surface area contributed by atoms with Gasteiger partial charge in [-0.05, 0) is 64.6 Å². The van der Waals surface area contributed by atoms with Crippen LogP contribution in [0.3, 0.4) is 0 Å². The topological polar surface area (TPSA) is 53.6 Å². The first-order valence-corrected chi connectivity index (χ1v) is 9.90. The van der Waals surface area contributed by atoms with Crippen LogP contribution in [0.4, 0.5) is 0 Å². The molecule has 152 valence electrons. The Morgan fingerprint density at radius 2 is 1.41 bits per heavy atom. The molecule has 2 heterocycles. The Morgan fingerprint density at radius 3 is 2.07 bits per heavy atom. The molecule has 6 heteroatoms. The molecule has 1 N–H and O–H groups in total. The fourth-order valence-corrected chi connectivity index (χ4v) is 3.37. The van der Waals surface area contributed by atoms with Gasteiger partial charge in [0.25, 0.3) is 0 Å². The summed E-state index contributed by atoms with van der Waals surface area (Å²) in [6, 6.07) is 12.2. The van der Waals surface area contributed by atoms with Gasteiger partial charge in [0.15, 0.2) is 0 Å². The van der Waals surface area contributed by atoms with Crippen LogP contribution in [0.1, 0.15) is 0 Å². The monoisotopic (exact) mass is 392 g/mol. The van der Waals surface area contributed by atoms with Gasteiger partial charge in [0.05, 0.1) is 11.0 Å². The predicted octanol–water partition coefficient (Wildman–Crippen LogP) is 3.75. The van der Waals surface area contributed by atoms with Gasteiger partial charge in [0, 0.05) is 41.0 Å². The van der Waals surface area contributed by atoms with Crippen LogP contribution in [0.25, 0.3) is 32.7 Å². The first-order chi connectivity index (χ1) is 14.0. The van der Waals surface area contributed by atoms with Gasteiger partial charge in [-0.1, -0.05) is 0 Å². The zero-order chi connectivity index (χ0) is 20.4. The van der Waals surface area contributed by atoms with Gasteiger partial charge in [0.2, 0.25) is 0 Å². The first kappa shape index (κ1) is 19.5. The van der Waals surface area contributed by atoms with E-state index in [0.717, 1.165) is 57.3 Å². The van der Waals surface area contributed by atoms with Crippen molar-refractivity contribution in [1.29, 1.82) is 0 Å². The second-order valence-electron chi connectivity index (χ2n) is 7.86. The van der Waals surface area contributed by atoms with E-state index < -0.39 is 0 Å². The van der Waals surface area contributed by atoms with Crippen molar-refractivity contribution >= 4 is 32.7 Å². The van der Waals surface area contributed by atoms with Crippen molar-refractivity contribution in [3.8, 4) is 11.5 Å². The molecule has 2 aromatic heterocycles. The minimum absolute atomic E-state index is 0.655. The maximum Gasteiger partial charge on any atom is 0.120 e. The van der Waals surface area contributed by atoms with Crippen LogP contribution in [0, 0.1) is 0 Å². The van der Waals surface area contributed by atoms with Crippen LogP contribution in [0.15, 0.2) is 42.6 Å². The number of rotatable bonds is 8. The van der Waals surface area contributed by atoms with E-state index in [2.05, 4.69) is 38.0 Å². The standard InChI is InChI=1S/C23H28N4O2/c1-26(2)9-11-28-16-6-8-22-18(13-16)20-15-24-21-7-5-17(29-12-10-27(3)4)14-19(21)23(20)25-22/h5-8,13-15,25H,9-12H2,1-4H3. The number of fused-ring (bicyclic) bond motifs is 5. The van der Waals surface area contributed by atoms with Crippen LogP contribution in [0.2, 0.25) is 0 Å². The number of aromatic nitrogens is 2. The van der Waals surface area contributed by atoms with E-state index in [9.17, 15) is 0 Å². The molecule has 0 aliphatic rings. The Bertz CT molecular complexity index is 1130. The molecule has 0 aliphatic heterocycles. The average molecular weight is 393 g/mol. The Kier molecular flexibility index (Phi) is 5.56. The number of nitrogens with one attached hydrogen (secondary N) is 1. The van der Waals surface area contributed by atoms with Crippen LogP contribution >= 0.6 is 0 Å². The molecule has 0 fully saturated rings. The lowest BCUT2D eigenvalue weighted by atomic mass is 10.1. The second kappa shape index (κ2) is 8.27. The number of hydrogen-bond donors (Lipinski definition) is 1. The van der Waals surface area contributed by atoms with E-state index in [4.69, 9.17) is 9.47 Å². The van der Waals surface area contributed by atoms with Crippen LogP contribution in [-0.4, -0.2) is 74.3 Å². The highest BCUT2D eigenvalue weighted by atomic mass is 16.5. The lowest BCUT2D eigenvalue weighted by Crippen LogP contribution is -2.19. The summed E-state index contributed by atoms with van der Waals surface area (Å²) in [5.41, 5.74) is 3.10. The van der Waals surface area contributed by atoms with Crippen molar-refractivity contribution in [2.45, 2.75) is 0 Å². The molecule has 4 rings (SSSR count). The molecule has 0 radical (unpaired) electrons. The molecule has 0 aliphatic carbocycles. The number of pyridine rings is 1. The van der Waals surface area contributed by atoms with Crippen molar-refractivity contribution in [2.75, 3.05) is 54.5 Å². The summed E-state index contributed by atoms with van der Waals surface area (Å²) in [6.07, 6.45) is 1.94. The molecule has 4 aromatic rings. The number of aromatic amines is 1. The molecule has 6 nitrogen and oxygen atoms in total. The van der Waals surface area contributed by atoms with Gasteiger partial charge in [-0.3, -0.25) is 4.98 Å². The maximum absolute atomic E-state index is 5.92. The molecular weight excluding hydrogens is 364 g/mol. The lowest BCUT2D eigenvalue weighted by Gasteiger charge is -2.11. The highest BCUT2D eigenvalue weighted by Gasteiger charge is 2.11. The molecule has 0 bridgehead atoms. The van der Waals surface area contributed by atoms with E-state index in [1.807, 2.05) is 52.6 Å². The lowest BCUT2D eigenvalue weighted by molar-refractivity contribution is 0.261. The Balaban J connectivity index is 1.69. The third-order valence-corrected chi connectivity index (χ3v) is 4.99. The Hall–Kier alpha value is -2.83. The van der Waals surface area contributed by atoms with Crippen molar-refractivity contribution in [2.24, 2.45) is 0 Å². The Morgan fingerprint density at radius 1 is 0.793 bits per heavy atom. The van der Waals surface area contributed by atoms with Gasteiger partial charge in [0.1, 0.15) is 24.7 Å². The molecule has 29 heavy (non-hydrogen) atoms. The number of hydrogen-bond acceptors (Lipinski definition) is 5. The summed E-state index contributed by atoms with van der Waals surface area (Å²) in [4.78, 5) is 12.4. The summed E-state index contributed by atoms with van der Waals surface area (Å²) in [5.74, 6) is 1.74. The summed E-state index contributed by atoms with van der Waals surface area (Å²) in [7, 11) is 8.17. The predicted molar refractivity (Wildman–Crippen MR) is 119 cm³/mol. The molecule has 0 spiro atoms. The number of benzene rings is 2. The minimum atomic E-state index is 0.655. The van der Waals surface area contributed by atoms with Crippen molar-refractivity contribution in [3.05, 3.63) is 42.6 Å². The zero-order valence-corrected chi connectivity index (χ0v) is 17.5. The molecule has 0 unspecified atom stereocenters. The van der Waals surface area contributed by atoms with E-state index in [1.165, 1.54) is 0 Å². The van der Waals surface area contributed by atoms with E-state index in [-0.39, 0.29) is 0 Å². The zero-order valence-electron chi connectivity index (χ0n) is 17.5. The number of ether oxygens (including phenoxy) is 2. The molecule has 2 aromatic carbocycles. The summed E-state index contributed by atoms with van der Waals surface area (Å²) in [6.45, 7) is 3.08. The molecule has 0 amide bonds. The third-order valence-electron chi connectivity index (χ3n) is 4.99. The van der Waals surface area contributed by atoms with Crippen LogP contribution in [-0.2, 0) is 0 Å². The van der Waals surface area contributed by atoms with E-state index in [0.29, 0.717) is 13.2 Å². The Labute approximate surface area is 171 Å². The second-order valence-corrected chi connectivity index (χ2v) is 7.86. The van der Waals surface area contributed by atoms with Crippen LogP contribution in [0.5, 0.6) is 11.5 Å². The number of H-pyrrole nitrogens is 1. The smallest absolute Gasteiger partial charge is 0.120 e. The van der Waals surface area contributed by atoms with Crippen molar-refractivity contribution in [3.63, 3.8) is 0 Å². The first-order valence-electron chi connectivity index (χ1n) is 9.90. The molecule has 0 atom stereocenters. The number of nitrogens with zero attached hydrogens (tertiary/aromatic N) is 3. The fourth-order valence-electron chi connectivity index (χ4n) is 3.37. The quantitative estimate of drug-likeness (QED) is 0.495. The largest absolute Gasteiger partial charge is 0.492 e. The molecular formula is C23H28N4O2. The molecule has 0 saturated carbocycles. The number of likely N-dealkylation sites (N-methyl/N-ethyl adjacent to an activating group) is 2. The van der Waals surface area contributed by atoms with Gasteiger partial charge >= 0.3 is 0 Å². The van der Waals surface area contributed by atoms with E-state index in [1.54, 1.807) is 0 Å². The van der Waals surface area contributed by atoms with Crippen molar-refractivity contribution < 1.29 is 9.47 Å². The fraction of sp³-hybridized carbons (Fsp3) is 0.348. The molecule has 0 saturated heterocycles. The van der Waals surface area contributed by atoms with Crippen molar-refractivity contribution in [1.82, 2.24) is 19.8 Å². The highest BCUT2D eigenvalue weighted by molar-refractivity contribution is 6.16. The summed E-state index contributed by atoms with van der Waals surface area (Å²) < 4.78 is 11.8.